The van der Waals surface area contributed by atoms with E-state index in [1.165, 1.54) is 50.7 Å². The summed E-state index contributed by atoms with van der Waals surface area (Å²) in [5.74, 6) is 1.12. The second-order valence-corrected chi connectivity index (χ2v) is 14.1. The normalized spacial score (nSPS) is 14.0. The van der Waals surface area contributed by atoms with Crippen molar-refractivity contribution in [2.45, 2.75) is 93.7 Å². The first-order chi connectivity index (χ1) is 15.1. The van der Waals surface area contributed by atoms with Crippen LogP contribution in [0.4, 0.5) is 0 Å². The van der Waals surface area contributed by atoms with Gasteiger partial charge in [-0.2, -0.15) is 11.8 Å². The topological polar surface area (TPSA) is 65.1 Å². The first-order valence-corrected chi connectivity index (χ1v) is 15.4. The lowest BCUT2D eigenvalue weighted by molar-refractivity contribution is -0.143. The fourth-order valence-corrected chi connectivity index (χ4v) is 5.14. The number of ether oxygens (including phenoxy) is 1. The van der Waals surface area contributed by atoms with E-state index in [0.717, 1.165) is 12.8 Å². The minimum absolute atomic E-state index is 0.0324. The monoisotopic (exact) mass is 607 g/mol. The summed E-state index contributed by atoms with van der Waals surface area (Å²) in [5, 5.41) is 0. The van der Waals surface area contributed by atoms with Crippen LogP contribution >= 0.6 is 42.6 Å². The fraction of sp³-hybridized carbons (Fsp3) is 0.957. The molecule has 1 unspecified atom stereocenters. The van der Waals surface area contributed by atoms with Crippen LogP contribution in [0.5, 0.6) is 0 Å². The highest BCUT2D eigenvalue weighted by Gasteiger charge is 2.11. The van der Waals surface area contributed by atoms with Crippen molar-refractivity contribution in [1.29, 1.82) is 0 Å². The molecule has 0 aromatic heterocycles. The average Bonchev–Trinajstić information content (AvgIpc) is 2.70. The van der Waals surface area contributed by atoms with E-state index in [1.807, 2.05) is 19.0 Å². The third-order valence-corrected chi connectivity index (χ3v) is 7.55. The van der Waals surface area contributed by atoms with Crippen LogP contribution in [0.1, 0.15) is 85.0 Å². The SMILES string of the molecule is CN(C)CCO[PH](=O)OC[C@H](I)COC(=O)CCCCCCCCCCCSC(C)(C)C. The van der Waals surface area contributed by atoms with E-state index in [-0.39, 0.29) is 23.1 Å². The van der Waals surface area contributed by atoms with Crippen molar-refractivity contribution >= 4 is 48.6 Å². The summed E-state index contributed by atoms with van der Waals surface area (Å²) in [6.07, 6.45) is 11.5. The van der Waals surface area contributed by atoms with Crippen molar-refractivity contribution in [3.63, 3.8) is 0 Å². The Hall–Kier alpha value is 0.660. The second-order valence-electron chi connectivity index (χ2n) is 9.39. The Morgan fingerprint density at radius 2 is 1.50 bits per heavy atom. The van der Waals surface area contributed by atoms with Gasteiger partial charge in [-0.1, -0.05) is 88.3 Å². The Balaban J connectivity index is 3.44. The molecule has 0 heterocycles. The number of carbonyl (C=O) groups excluding carboxylic acids is 1. The number of hydrogen-bond donors (Lipinski definition) is 0. The molecule has 0 aromatic rings. The van der Waals surface area contributed by atoms with E-state index < -0.39 is 8.25 Å². The number of likely N-dealkylation sites (N-methyl/N-ethyl adjacent to an activating group) is 1. The summed E-state index contributed by atoms with van der Waals surface area (Å²) in [4.78, 5) is 13.8. The zero-order valence-electron chi connectivity index (χ0n) is 21.0. The van der Waals surface area contributed by atoms with Crippen molar-refractivity contribution in [2.24, 2.45) is 0 Å². The van der Waals surface area contributed by atoms with Gasteiger partial charge < -0.3 is 18.7 Å². The van der Waals surface area contributed by atoms with Gasteiger partial charge >= 0.3 is 14.2 Å². The Morgan fingerprint density at radius 3 is 2.06 bits per heavy atom. The molecule has 0 amide bonds. The summed E-state index contributed by atoms with van der Waals surface area (Å²) >= 11 is 4.21. The lowest BCUT2D eigenvalue weighted by atomic mass is 10.1. The van der Waals surface area contributed by atoms with Gasteiger partial charge in [-0.25, -0.2) is 0 Å². The van der Waals surface area contributed by atoms with E-state index in [1.54, 1.807) is 0 Å². The van der Waals surface area contributed by atoms with Crippen LogP contribution in [-0.2, 0) is 23.1 Å². The van der Waals surface area contributed by atoms with Crippen molar-refractivity contribution in [3.05, 3.63) is 0 Å². The van der Waals surface area contributed by atoms with Gasteiger partial charge in [0.2, 0.25) is 0 Å². The maximum atomic E-state index is 11.9. The minimum atomic E-state index is -2.48. The number of nitrogens with zero attached hydrogens (tertiary/aromatic N) is 1. The number of rotatable bonds is 21. The predicted molar refractivity (Wildman–Crippen MR) is 147 cm³/mol. The van der Waals surface area contributed by atoms with Crippen LogP contribution in [0.3, 0.4) is 0 Å². The highest BCUT2D eigenvalue weighted by molar-refractivity contribution is 14.1. The van der Waals surface area contributed by atoms with E-state index in [9.17, 15) is 9.36 Å². The smallest absolute Gasteiger partial charge is 0.319 e. The number of esters is 1. The summed E-state index contributed by atoms with van der Waals surface area (Å²) in [6.45, 7) is 8.45. The Morgan fingerprint density at radius 1 is 0.938 bits per heavy atom. The highest BCUT2D eigenvalue weighted by Crippen LogP contribution is 2.25. The van der Waals surface area contributed by atoms with E-state index in [0.29, 0.717) is 24.3 Å². The molecule has 9 heteroatoms. The third kappa shape index (κ3) is 25.3. The molecule has 192 valence electrons. The second kappa shape index (κ2) is 21.0. The van der Waals surface area contributed by atoms with Crippen molar-refractivity contribution in [2.75, 3.05) is 46.2 Å². The van der Waals surface area contributed by atoms with Gasteiger partial charge in [0.25, 0.3) is 0 Å². The Bertz CT molecular complexity index is 491. The molecule has 0 bridgehead atoms. The molecule has 2 atom stereocenters. The lowest BCUT2D eigenvalue weighted by Gasteiger charge is -2.17. The first-order valence-electron chi connectivity index (χ1n) is 12.0. The number of hydrogen-bond acceptors (Lipinski definition) is 7. The lowest BCUT2D eigenvalue weighted by Crippen LogP contribution is -2.18. The molecular weight excluding hydrogens is 560 g/mol. The van der Waals surface area contributed by atoms with Crippen molar-refractivity contribution < 1.29 is 23.1 Å². The summed E-state index contributed by atoms with van der Waals surface area (Å²) in [5.41, 5.74) is 0. The quantitative estimate of drug-likeness (QED) is 0.0470. The van der Waals surface area contributed by atoms with Crippen LogP contribution in [0.15, 0.2) is 0 Å². The molecular formula is C23H47INO5PS. The highest BCUT2D eigenvalue weighted by atomic mass is 127. The molecule has 0 N–H and O–H groups in total. The van der Waals surface area contributed by atoms with Crippen LogP contribution < -0.4 is 0 Å². The van der Waals surface area contributed by atoms with E-state index >= 15 is 0 Å². The average molecular weight is 608 g/mol. The molecule has 0 spiro atoms. The molecule has 0 saturated carbocycles. The van der Waals surface area contributed by atoms with Crippen LogP contribution in [-0.4, -0.2) is 65.8 Å². The molecule has 6 nitrogen and oxygen atoms in total. The number of alkyl halides is 1. The van der Waals surface area contributed by atoms with Gasteiger partial charge in [0.15, 0.2) is 0 Å². The molecule has 0 rings (SSSR count). The summed E-state index contributed by atoms with van der Waals surface area (Å²) < 4.78 is 27.6. The van der Waals surface area contributed by atoms with E-state index in [4.69, 9.17) is 13.8 Å². The van der Waals surface area contributed by atoms with Gasteiger partial charge in [0.1, 0.15) is 6.61 Å². The summed E-state index contributed by atoms with van der Waals surface area (Å²) in [6, 6.07) is 0. The van der Waals surface area contributed by atoms with Crippen LogP contribution in [0.2, 0.25) is 0 Å². The Kier molecular flexibility index (Phi) is 21.4. The van der Waals surface area contributed by atoms with Crippen molar-refractivity contribution in [1.82, 2.24) is 4.90 Å². The van der Waals surface area contributed by atoms with Gasteiger partial charge in [0, 0.05) is 17.7 Å². The largest absolute Gasteiger partial charge is 0.464 e. The van der Waals surface area contributed by atoms with Crippen LogP contribution in [0, 0.1) is 0 Å². The third-order valence-electron chi connectivity index (χ3n) is 4.63. The molecule has 0 aliphatic heterocycles. The molecule has 32 heavy (non-hydrogen) atoms. The number of carbonyl (C=O) groups is 1. The summed E-state index contributed by atoms with van der Waals surface area (Å²) in [7, 11) is 1.37. The number of halogens is 1. The molecule has 0 saturated heterocycles. The fourth-order valence-electron chi connectivity index (χ4n) is 2.80. The minimum Gasteiger partial charge on any atom is -0.464 e. The van der Waals surface area contributed by atoms with Crippen molar-refractivity contribution in [3.8, 4) is 0 Å². The van der Waals surface area contributed by atoms with Gasteiger partial charge in [0.05, 0.1) is 17.1 Å². The van der Waals surface area contributed by atoms with E-state index in [2.05, 4.69) is 55.1 Å². The zero-order chi connectivity index (χ0) is 24.2. The predicted octanol–water partition coefficient (Wildman–Crippen LogP) is 6.75. The van der Waals surface area contributed by atoms with Gasteiger partial charge in [-0.05, 0) is 32.7 Å². The molecule has 0 aliphatic carbocycles. The van der Waals surface area contributed by atoms with Gasteiger partial charge in [-0.3, -0.25) is 9.36 Å². The van der Waals surface area contributed by atoms with Gasteiger partial charge in [-0.15, -0.1) is 0 Å². The van der Waals surface area contributed by atoms with Crippen LogP contribution in [0.25, 0.3) is 0 Å². The maximum Gasteiger partial charge on any atom is 0.319 e. The Labute approximate surface area is 215 Å². The number of unbranched alkanes of at least 4 members (excludes halogenated alkanes) is 8. The zero-order valence-corrected chi connectivity index (χ0v) is 24.9. The standard InChI is InChI=1S/C23H47INO5PS/c1-23(2,3)32-18-14-12-10-8-6-7-9-11-13-15-22(26)28-19-21(24)20-30-31(27)29-17-16-25(4)5/h21,31H,6-20H2,1-5H3/t21-/m1/s1. The first kappa shape index (κ1) is 32.7. The molecule has 0 aromatic carbocycles. The maximum absolute atomic E-state index is 11.9. The molecule has 0 aliphatic rings. The molecule has 0 radical (unpaired) electrons. The number of thioether (sulfide) groups is 1. The molecule has 0 fully saturated rings.